The summed E-state index contributed by atoms with van der Waals surface area (Å²) < 4.78 is 0. The molecule has 2 N–H and O–H groups in total. The van der Waals surface area contributed by atoms with E-state index >= 15 is 0 Å². The molecule has 1 amide bonds. The molecule has 0 heterocycles. The van der Waals surface area contributed by atoms with Crippen molar-refractivity contribution in [3.05, 3.63) is 48.0 Å². The summed E-state index contributed by atoms with van der Waals surface area (Å²) in [6.45, 7) is 21.7. The van der Waals surface area contributed by atoms with Gasteiger partial charge < -0.3 is 5.73 Å². The average Bonchev–Trinajstić information content (AvgIpc) is 2.73. The third-order valence-electron chi connectivity index (χ3n) is 7.45. The third kappa shape index (κ3) is 5.96. The fraction of sp³-hybridized carbons (Fsp3) is 0.621. The molecule has 0 aliphatic carbocycles. The summed E-state index contributed by atoms with van der Waals surface area (Å²) in [6.07, 6.45) is 0.706. The quantitative estimate of drug-likeness (QED) is 0.440. The fourth-order valence-electron chi connectivity index (χ4n) is 5.67. The first-order chi connectivity index (χ1) is 15.4. The number of benzene rings is 2. The molecule has 184 valence electrons. The monoisotopic (exact) mass is 453 g/mol. The Morgan fingerprint density at radius 3 is 1.82 bits per heavy atom. The number of rotatable bonds is 12. The molecule has 0 spiro atoms. The van der Waals surface area contributed by atoms with Crippen LogP contribution >= 0.6 is 0 Å². The molecule has 0 bridgehead atoms. The van der Waals surface area contributed by atoms with Crippen LogP contribution in [-0.4, -0.2) is 53.0 Å². The van der Waals surface area contributed by atoms with E-state index in [0.29, 0.717) is 30.6 Å². The van der Waals surface area contributed by atoms with Gasteiger partial charge in [0.2, 0.25) is 5.91 Å². The van der Waals surface area contributed by atoms with Crippen LogP contribution in [0.25, 0.3) is 10.8 Å². The normalized spacial score (nSPS) is 15.4. The molecule has 0 aromatic heterocycles. The molecule has 0 aliphatic heterocycles. The summed E-state index contributed by atoms with van der Waals surface area (Å²) in [4.78, 5) is 18.5. The minimum atomic E-state index is -0.759. The first kappa shape index (κ1) is 27.3. The van der Waals surface area contributed by atoms with Crippen molar-refractivity contribution in [3.63, 3.8) is 0 Å². The number of primary amides is 1. The lowest BCUT2D eigenvalue weighted by molar-refractivity contribution is -0.126. The van der Waals surface area contributed by atoms with Gasteiger partial charge in [-0.05, 0) is 84.1 Å². The molecule has 0 radical (unpaired) electrons. The number of hydrogen-bond donors (Lipinski definition) is 1. The predicted octanol–water partition coefficient (Wildman–Crippen LogP) is 5.83. The Hall–Kier alpha value is -1.91. The Labute approximate surface area is 202 Å². The van der Waals surface area contributed by atoms with Crippen molar-refractivity contribution in [2.75, 3.05) is 13.1 Å². The summed E-state index contributed by atoms with van der Waals surface area (Å²) in [7, 11) is 0. The van der Waals surface area contributed by atoms with Crippen molar-refractivity contribution in [1.29, 1.82) is 0 Å². The molecule has 2 unspecified atom stereocenters. The van der Waals surface area contributed by atoms with Crippen molar-refractivity contribution in [2.24, 2.45) is 11.7 Å². The van der Waals surface area contributed by atoms with Crippen LogP contribution in [0.2, 0.25) is 0 Å². The van der Waals surface area contributed by atoms with E-state index in [4.69, 9.17) is 5.73 Å². The lowest BCUT2D eigenvalue weighted by Gasteiger charge is -2.44. The lowest BCUT2D eigenvalue weighted by Crippen LogP contribution is -2.54. The first-order valence-corrected chi connectivity index (χ1v) is 12.7. The van der Waals surface area contributed by atoms with Crippen LogP contribution in [0.1, 0.15) is 74.3 Å². The molecule has 0 saturated heterocycles. The first-order valence-electron chi connectivity index (χ1n) is 12.7. The SMILES string of the molecule is CC(C)N(CCC(C(N)=O)(c1cccc2ccccc12)C(C)CN(C(C)C)C(C)C)C(C)C. The van der Waals surface area contributed by atoms with Gasteiger partial charge >= 0.3 is 0 Å². The summed E-state index contributed by atoms with van der Waals surface area (Å²) in [5.41, 5.74) is 6.70. The van der Waals surface area contributed by atoms with Crippen LogP contribution in [-0.2, 0) is 10.2 Å². The predicted molar refractivity (Wildman–Crippen MR) is 143 cm³/mol. The second-order valence-corrected chi connectivity index (χ2v) is 10.8. The van der Waals surface area contributed by atoms with Crippen LogP contribution in [0.5, 0.6) is 0 Å². The zero-order valence-electron chi connectivity index (χ0n) is 22.4. The second-order valence-electron chi connectivity index (χ2n) is 10.8. The average molecular weight is 454 g/mol. The number of hydrogen-bond acceptors (Lipinski definition) is 3. The summed E-state index contributed by atoms with van der Waals surface area (Å²) in [5.74, 6) is -0.155. The second kappa shape index (κ2) is 11.5. The summed E-state index contributed by atoms with van der Waals surface area (Å²) in [5, 5.41) is 2.29. The minimum Gasteiger partial charge on any atom is -0.369 e. The van der Waals surface area contributed by atoms with Crippen molar-refractivity contribution >= 4 is 16.7 Å². The van der Waals surface area contributed by atoms with E-state index in [1.807, 2.05) is 0 Å². The maximum absolute atomic E-state index is 13.6. The topological polar surface area (TPSA) is 49.6 Å². The highest BCUT2D eigenvalue weighted by molar-refractivity contribution is 5.95. The number of nitrogens with two attached hydrogens (primary N) is 1. The van der Waals surface area contributed by atoms with Gasteiger partial charge in [0.15, 0.2) is 0 Å². The van der Waals surface area contributed by atoms with E-state index in [0.717, 1.165) is 29.4 Å². The van der Waals surface area contributed by atoms with Crippen molar-refractivity contribution in [3.8, 4) is 0 Å². The molecule has 0 aliphatic rings. The van der Waals surface area contributed by atoms with Gasteiger partial charge in [-0.2, -0.15) is 0 Å². The van der Waals surface area contributed by atoms with Gasteiger partial charge in [0.05, 0.1) is 5.41 Å². The van der Waals surface area contributed by atoms with Gasteiger partial charge in [-0.15, -0.1) is 0 Å². The molecule has 2 aromatic rings. The van der Waals surface area contributed by atoms with E-state index in [1.165, 1.54) is 0 Å². The van der Waals surface area contributed by atoms with Crippen molar-refractivity contribution < 1.29 is 4.79 Å². The van der Waals surface area contributed by atoms with Gasteiger partial charge in [-0.3, -0.25) is 14.6 Å². The number of carbonyl (C=O) groups excluding carboxylic acids is 1. The highest BCUT2D eigenvalue weighted by Gasteiger charge is 2.45. The zero-order chi connectivity index (χ0) is 24.9. The van der Waals surface area contributed by atoms with Crippen LogP contribution in [0.3, 0.4) is 0 Å². The zero-order valence-corrected chi connectivity index (χ0v) is 22.4. The Morgan fingerprint density at radius 2 is 1.30 bits per heavy atom. The minimum absolute atomic E-state index is 0.0618. The van der Waals surface area contributed by atoms with Gasteiger partial charge in [-0.1, -0.05) is 49.4 Å². The third-order valence-corrected chi connectivity index (χ3v) is 7.45. The molecular weight excluding hydrogens is 406 g/mol. The Bertz CT molecular complexity index is 883. The molecule has 33 heavy (non-hydrogen) atoms. The largest absolute Gasteiger partial charge is 0.369 e. The molecule has 0 saturated carbocycles. The van der Waals surface area contributed by atoms with E-state index in [1.54, 1.807) is 0 Å². The number of nitrogens with zero attached hydrogens (tertiary/aromatic N) is 2. The van der Waals surface area contributed by atoms with Gasteiger partial charge in [0, 0.05) is 37.3 Å². The van der Waals surface area contributed by atoms with Crippen LogP contribution in [0.15, 0.2) is 42.5 Å². The van der Waals surface area contributed by atoms with Crippen LogP contribution in [0.4, 0.5) is 0 Å². The van der Waals surface area contributed by atoms with E-state index < -0.39 is 5.41 Å². The standard InChI is InChI=1S/C29H47N3O/c1-20(2)31(21(3)4)18-17-29(28(30)33,24(9)19-32(22(5)6)23(7)8)27-16-12-14-25-13-10-11-15-26(25)27/h10-16,20-24H,17-19H2,1-9H3,(H2,30,33). The highest BCUT2D eigenvalue weighted by atomic mass is 16.1. The Balaban J connectivity index is 2.67. The molecule has 2 atom stereocenters. The molecule has 2 aromatic carbocycles. The summed E-state index contributed by atoms with van der Waals surface area (Å²) in [6, 6.07) is 16.3. The maximum Gasteiger partial charge on any atom is 0.228 e. The highest BCUT2D eigenvalue weighted by Crippen LogP contribution is 2.41. The van der Waals surface area contributed by atoms with E-state index in [2.05, 4.69) is 115 Å². The van der Waals surface area contributed by atoms with E-state index in [-0.39, 0.29) is 11.8 Å². The number of carbonyl (C=O) groups is 1. The van der Waals surface area contributed by atoms with Gasteiger partial charge in [0.25, 0.3) is 0 Å². The van der Waals surface area contributed by atoms with Crippen LogP contribution < -0.4 is 5.73 Å². The molecule has 2 rings (SSSR count). The van der Waals surface area contributed by atoms with E-state index in [9.17, 15) is 4.79 Å². The lowest BCUT2D eigenvalue weighted by atomic mass is 9.66. The van der Waals surface area contributed by atoms with Crippen molar-refractivity contribution in [1.82, 2.24) is 9.80 Å². The van der Waals surface area contributed by atoms with Gasteiger partial charge in [-0.25, -0.2) is 0 Å². The molecule has 0 fully saturated rings. The Kier molecular flexibility index (Phi) is 9.51. The fourth-order valence-corrected chi connectivity index (χ4v) is 5.67. The maximum atomic E-state index is 13.6. The number of fused-ring (bicyclic) bond motifs is 1. The van der Waals surface area contributed by atoms with Crippen LogP contribution in [0, 0.1) is 5.92 Å². The van der Waals surface area contributed by atoms with Gasteiger partial charge in [0.1, 0.15) is 0 Å². The number of amides is 1. The smallest absolute Gasteiger partial charge is 0.228 e. The molecule has 4 heteroatoms. The molecule has 4 nitrogen and oxygen atoms in total. The summed E-state index contributed by atoms with van der Waals surface area (Å²) >= 11 is 0. The van der Waals surface area contributed by atoms with Crippen molar-refractivity contribution in [2.45, 2.75) is 98.3 Å². The molecular formula is C29H47N3O. The Morgan fingerprint density at radius 1 is 0.788 bits per heavy atom.